The van der Waals surface area contributed by atoms with Crippen LogP contribution in [0.15, 0.2) is 36.4 Å². The molecule has 1 heterocycles. The van der Waals surface area contributed by atoms with Crippen molar-refractivity contribution in [1.29, 1.82) is 0 Å². The molecule has 1 atom stereocenters. The number of anilines is 2. The minimum atomic E-state index is -0.781. The highest BCUT2D eigenvalue weighted by atomic mass is 16.5. The van der Waals surface area contributed by atoms with Gasteiger partial charge in [-0.1, -0.05) is 0 Å². The number of amides is 2. The van der Waals surface area contributed by atoms with Gasteiger partial charge in [-0.15, -0.1) is 0 Å². The Kier molecular flexibility index (Phi) is 9.38. The standard InChI is InChI=1S/C26H35N3O7/c1-5-34-25(32)28-21-11-12-22(20-10-13-23(31)29-24(20)21)35-15-17(30)14-27-26(2,3)16-36-19-8-6-18(33-4)7-9-19/h6-9,11-12,17,27,30H,5,10,13-16H2,1-4H3,(H,28,32)(H,29,31). The van der Waals surface area contributed by atoms with Gasteiger partial charge in [0.15, 0.2) is 0 Å². The molecule has 0 aromatic heterocycles. The molecule has 0 saturated heterocycles. The normalized spacial score (nSPS) is 13.8. The molecule has 1 aliphatic heterocycles. The van der Waals surface area contributed by atoms with Gasteiger partial charge in [0.2, 0.25) is 5.91 Å². The second-order valence-electron chi connectivity index (χ2n) is 9.05. The summed E-state index contributed by atoms with van der Waals surface area (Å²) >= 11 is 0. The Morgan fingerprint density at radius 3 is 2.53 bits per heavy atom. The van der Waals surface area contributed by atoms with Crippen LogP contribution in [0.5, 0.6) is 17.2 Å². The molecular weight excluding hydrogens is 466 g/mol. The molecule has 0 saturated carbocycles. The largest absolute Gasteiger partial charge is 0.497 e. The number of hydrogen-bond donors (Lipinski definition) is 4. The smallest absolute Gasteiger partial charge is 0.411 e. The number of nitrogens with one attached hydrogen (secondary N) is 3. The van der Waals surface area contributed by atoms with Crippen LogP contribution in [0.2, 0.25) is 0 Å². The van der Waals surface area contributed by atoms with Gasteiger partial charge in [0.1, 0.15) is 36.6 Å². The van der Waals surface area contributed by atoms with Crippen LogP contribution in [0, 0.1) is 0 Å². The quantitative estimate of drug-likeness (QED) is 0.349. The van der Waals surface area contributed by atoms with E-state index in [0.29, 0.717) is 43.1 Å². The topological polar surface area (TPSA) is 127 Å². The van der Waals surface area contributed by atoms with Crippen LogP contribution < -0.4 is 30.2 Å². The Bertz CT molecular complexity index is 1040. The van der Waals surface area contributed by atoms with Crippen molar-refractivity contribution in [2.45, 2.75) is 45.3 Å². The maximum absolute atomic E-state index is 12.0. The molecule has 2 aromatic rings. The van der Waals surface area contributed by atoms with Gasteiger partial charge in [0.05, 0.1) is 25.1 Å². The SMILES string of the molecule is CCOC(=O)Nc1ccc(OCC(O)CNC(C)(C)COc2ccc(OC)cc2)c2c1NC(=O)CC2. The third-order valence-corrected chi connectivity index (χ3v) is 5.56. The summed E-state index contributed by atoms with van der Waals surface area (Å²) in [5.74, 6) is 1.89. The molecule has 3 rings (SSSR count). The van der Waals surface area contributed by atoms with E-state index in [2.05, 4.69) is 16.0 Å². The fourth-order valence-corrected chi connectivity index (χ4v) is 3.60. The average molecular weight is 502 g/mol. The molecule has 10 nitrogen and oxygen atoms in total. The fourth-order valence-electron chi connectivity index (χ4n) is 3.60. The maximum Gasteiger partial charge on any atom is 0.411 e. The molecule has 4 N–H and O–H groups in total. The highest BCUT2D eigenvalue weighted by Crippen LogP contribution is 2.37. The minimum Gasteiger partial charge on any atom is -0.497 e. The second-order valence-corrected chi connectivity index (χ2v) is 9.05. The van der Waals surface area contributed by atoms with Crippen molar-refractivity contribution in [2.75, 3.05) is 44.1 Å². The molecule has 1 aliphatic rings. The molecule has 0 bridgehead atoms. The first-order valence-corrected chi connectivity index (χ1v) is 11.9. The van der Waals surface area contributed by atoms with Crippen molar-refractivity contribution in [3.63, 3.8) is 0 Å². The number of carbonyl (C=O) groups excluding carboxylic acids is 2. The van der Waals surface area contributed by atoms with Crippen molar-refractivity contribution < 1.29 is 33.6 Å². The molecule has 1 unspecified atom stereocenters. The lowest BCUT2D eigenvalue weighted by atomic mass is 10.0. The summed E-state index contributed by atoms with van der Waals surface area (Å²) in [6, 6.07) is 10.7. The van der Waals surface area contributed by atoms with Gasteiger partial charge in [-0.25, -0.2) is 4.79 Å². The summed E-state index contributed by atoms with van der Waals surface area (Å²) in [5, 5.41) is 19.2. The number of carbonyl (C=O) groups is 2. The van der Waals surface area contributed by atoms with E-state index in [-0.39, 0.29) is 19.1 Å². The van der Waals surface area contributed by atoms with Crippen LogP contribution in [0.1, 0.15) is 32.8 Å². The first-order valence-electron chi connectivity index (χ1n) is 11.9. The van der Waals surface area contributed by atoms with Crippen molar-refractivity contribution >= 4 is 23.4 Å². The number of aliphatic hydroxyl groups excluding tert-OH is 1. The van der Waals surface area contributed by atoms with Gasteiger partial charge in [-0.05, 0) is 63.6 Å². The molecule has 2 amide bonds. The van der Waals surface area contributed by atoms with Crippen LogP contribution in [0.3, 0.4) is 0 Å². The zero-order chi connectivity index (χ0) is 26.1. The number of hydrogen-bond acceptors (Lipinski definition) is 8. The van der Waals surface area contributed by atoms with E-state index in [1.54, 1.807) is 26.2 Å². The Labute approximate surface area is 211 Å². The lowest BCUT2D eigenvalue weighted by Crippen LogP contribution is -2.48. The molecule has 196 valence electrons. The van der Waals surface area contributed by atoms with Crippen LogP contribution >= 0.6 is 0 Å². The van der Waals surface area contributed by atoms with Crippen molar-refractivity contribution in [1.82, 2.24) is 5.32 Å². The predicted molar refractivity (Wildman–Crippen MR) is 136 cm³/mol. The molecule has 0 radical (unpaired) electrons. The van der Waals surface area contributed by atoms with E-state index in [1.165, 1.54) is 0 Å². The van der Waals surface area contributed by atoms with E-state index < -0.39 is 17.7 Å². The number of aliphatic hydroxyl groups is 1. The summed E-state index contributed by atoms with van der Waals surface area (Å²) in [7, 11) is 1.61. The van der Waals surface area contributed by atoms with E-state index in [4.69, 9.17) is 18.9 Å². The third-order valence-electron chi connectivity index (χ3n) is 5.56. The molecule has 2 aromatic carbocycles. The van der Waals surface area contributed by atoms with E-state index in [9.17, 15) is 14.7 Å². The molecule has 0 aliphatic carbocycles. The monoisotopic (exact) mass is 501 g/mol. The zero-order valence-corrected chi connectivity index (χ0v) is 21.2. The minimum absolute atomic E-state index is 0.0491. The number of benzene rings is 2. The predicted octanol–water partition coefficient (Wildman–Crippen LogP) is 3.34. The lowest BCUT2D eigenvalue weighted by Gasteiger charge is -2.28. The number of ether oxygens (including phenoxy) is 4. The second kappa shape index (κ2) is 12.5. The number of rotatable bonds is 12. The third kappa shape index (κ3) is 7.76. The number of β-amino-alcohol motifs (C(OH)–C–C–N with tert-alkyl or cyclic N) is 1. The summed E-state index contributed by atoms with van der Waals surface area (Å²) in [5.41, 5.74) is 1.29. The molecular formula is C26H35N3O7. The summed E-state index contributed by atoms with van der Waals surface area (Å²) in [6.45, 7) is 6.65. The van der Waals surface area contributed by atoms with Crippen molar-refractivity contribution in [2.24, 2.45) is 0 Å². The summed E-state index contributed by atoms with van der Waals surface area (Å²) < 4.78 is 21.8. The van der Waals surface area contributed by atoms with Gasteiger partial charge in [-0.2, -0.15) is 0 Å². The first kappa shape index (κ1) is 27.1. The first-order chi connectivity index (χ1) is 17.2. The molecule has 36 heavy (non-hydrogen) atoms. The molecule has 10 heteroatoms. The highest BCUT2D eigenvalue weighted by molar-refractivity contribution is 6.01. The van der Waals surface area contributed by atoms with Crippen molar-refractivity contribution in [3.8, 4) is 17.2 Å². The van der Waals surface area contributed by atoms with Gasteiger partial charge >= 0.3 is 6.09 Å². The van der Waals surface area contributed by atoms with Crippen LogP contribution in [-0.2, 0) is 16.0 Å². The summed E-state index contributed by atoms with van der Waals surface area (Å²) in [6.07, 6.45) is -0.623. The Hall–Kier alpha value is -3.50. The summed E-state index contributed by atoms with van der Waals surface area (Å²) in [4.78, 5) is 23.8. The van der Waals surface area contributed by atoms with Gasteiger partial charge in [-0.3, -0.25) is 10.1 Å². The average Bonchev–Trinajstić information content (AvgIpc) is 2.86. The molecule has 0 spiro atoms. The van der Waals surface area contributed by atoms with E-state index in [0.717, 1.165) is 17.1 Å². The van der Waals surface area contributed by atoms with Gasteiger partial charge in [0.25, 0.3) is 0 Å². The molecule has 0 fully saturated rings. The Balaban J connectivity index is 1.53. The number of fused-ring (bicyclic) bond motifs is 1. The Morgan fingerprint density at radius 1 is 1.11 bits per heavy atom. The zero-order valence-electron chi connectivity index (χ0n) is 21.2. The van der Waals surface area contributed by atoms with E-state index >= 15 is 0 Å². The Morgan fingerprint density at radius 2 is 1.83 bits per heavy atom. The fraction of sp³-hybridized carbons (Fsp3) is 0.462. The van der Waals surface area contributed by atoms with Crippen LogP contribution in [0.4, 0.5) is 16.2 Å². The van der Waals surface area contributed by atoms with Gasteiger partial charge < -0.3 is 34.7 Å². The van der Waals surface area contributed by atoms with Gasteiger partial charge in [0, 0.05) is 24.1 Å². The van der Waals surface area contributed by atoms with Crippen LogP contribution in [-0.4, -0.2) is 62.2 Å². The van der Waals surface area contributed by atoms with Crippen molar-refractivity contribution in [3.05, 3.63) is 42.0 Å². The van der Waals surface area contributed by atoms with E-state index in [1.807, 2.05) is 38.1 Å². The van der Waals surface area contributed by atoms with Crippen LogP contribution in [0.25, 0.3) is 0 Å². The maximum atomic E-state index is 12.0. The lowest BCUT2D eigenvalue weighted by molar-refractivity contribution is -0.116. The number of methoxy groups -OCH3 is 1. The highest BCUT2D eigenvalue weighted by Gasteiger charge is 2.24.